The molecule has 1 heterocycles. The van der Waals surface area contributed by atoms with Gasteiger partial charge in [0, 0.05) is 12.7 Å². The van der Waals surface area contributed by atoms with Gasteiger partial charge in [0.15, 0.2) is 0 Å². The van der Waals surface area contributed by atoms with Crippen LogP contribution in [-0.2, 0) is 4.74 Å². The third kappa shape index (κ3) is 3.31. The third-order valence-electron chi connectivity index (χ3n) is 3.74. The van der Waals surface area contributed by atoms with Crippen LogP contribution in [-0.4, -0.2) is 18.8 Å². The van der Waals surface area contributed by atoms with Crippen molar-refractivity contribution in [2.24, 2.45) is 0 Å². The summed E-state index contributed by atoms with van der Waals surface area (Å²) in [6, 6.07) is 3.48. The van der Waals surface area contributed by atoms with Gasteiger partial charge in [-0.25, -0.2) is 8.78 Å². The van der Waals surface area contributed by atoms with E-state index >= 15 is 0 Å². The first-order chi connectivity index (χ1) is 9.05. The number of likely N-dealkylation sites (N-methyl/N-ethyl adjacent to an activating group) is 1. The SMILES string of the molecule is CCNC(c1cc(F)cc(F)c1)C1(C)CCCCO1. The van der Waals surface area contributed by atoms with Gasteiger partial charge in [-0.05, 0) is 50.4 Å². The molecule has 0 spiro atoms. The van der Waals surface area contributed by atoms with Crippen molar-refractivity contribution < 1.29 is 13.5 Å². The van der Waals surface area contributed by atoms with Crippen LogP contribution in [0.2, 0.25) is 0 Å². The Bertz CT molecular complexity index is 410. The second-order valence-electron chi connectivity index (χ2n) is 5.31. The van der Waals surface area contributed by atoms with Crippen LogP contribution in [0.15, 0.2) is 18.2 Å². The van der Waals surface area contributed by atoms with Crippen LogP contribution in [0.25, 0.3) is 0 Å². The highest BCUT2D eigenvalue weighted by molar-refractivity contribution is 5.24. The van der Waals surface area contributed by atoms with Gasteiger partial charge in [-0.2, -0.15) is 0 Å². The van der Waals surface area contributed by atoms with Crippen LogP contribution in [0.4, 0.5) is 8.78 Å². The van der Waals surface area contributed by atoms with Gasteiger partial charge in [0.1, 0.15) is 11.6 Å². The Morgan fingerprint density at radius 1 is 1.26 bits per heavy atom. The molecule has 1 aromatic carbocycles. The maximum absolute atomic E-state index is 13.4. The van der Waals surface area contributed by atoms with Crippen LogP contribution in [0.5, 0.6) is 0 Å². The van der Waals surface area contributed by atoms with Gasteiger partial charge in [0.05, 0.1) is 11.6 Å². The van der Waals surface area contributed by atoms with E-state index in [2.05, 4.69) is 5.32 Å². The van der Waals surface area contributed by atoms with Crippen molar-refractivity contribution in [3.05, 3.63) is 35.4 Å². The van der Waals surface area contributed by atoms with E-state index < -0.39 is 17.2 Å². The lowest BCUT2D eigenvalue weighted by Crippen LogP contribution is -2.46. The molecule has 106 valence electrons. The summed E-state index contributed by atoms with van der Waals surface area (Å²) in [5.41, 5.74) is 0.206. The fourth-order valence-corrected chi connectivity index (χ4v) is 2.82. The van der Waals surface area contributed by atoms with Crippen LogP contribution in [0, 0.1) is 11.6 Å². The summed E-state index contributed by atoms with van der Waals surface area (Å²) in [4.78, 5) is 0. The first-order valence-electron chi connectivity index (χ1n) is 6.88. The number of nitrogens with one attached hydrogen (secondary N) is 1. The van der Waals surface area contributed by atoms with Crippen LogP contribution >= 0.6 is 0 Å². The van der Waals surface area contributed by atoms with E-state index in [1.54, 1.807) is 0 Å². The Morgan fingerprint density at radius 3 is 2.47 bits per heavy atom. The third-order valence-corrected chi connectivity index (χ3v) is 3.74. The van der Waals surface area contributed by atoms with Gasteiger partial charge in [0.25, 0.3) is 0 Å². The van der Waals surface area contributed by atoms with Crippen molar-refractivity contribution in [1.82, 2.24) is 5.32 Å². The van der Waals surface area contributed by atoms with E-state index in [1.165, 1.54) is 12.1 Å². The van der Waals surface area contributed by atoms with Gasteiger partial charge in [-0.15, -0.1) is 0 Å². The summed E-state index contributed by atoms with van der Waals surface area (Å²) < 4.78 is 32.7. The number of halogens is 2. The summed E-state index contributed by atoms with van der Waals surface area (Å²) >= 11 is 0. The van der Waals surface area contributed by atoms with Gasteiger partial charge < -0.3 is 10.1 Å². The zero-order valence-electron chi connectivity index (χ0n) is 11.5. The molecule has 1 aliphatic heterocycles. The van der Waals surface area contributed by atoms with E-state index in [9.17, 15) is 8.78 Å². The molecule has 1 aromatic rings. The quantitative estimate of drug-likeness (QED) is 0.902. The van der Waals surface area contributed by atoms with Gasteiger partial charge in [-0.3, -0.25) is 0 Å². The average molecular weight is 269 g/mol. The van der Waals surface area contributed by atoms with Crippen molar-refractivity contribution in [3.63, 3.8) is 0 Å². The molecule has 0 aromatic heterocycles. The van der Waals surface area contributed by atoms with Crippen molar-refractivity contribution in [1.29, 1.82) is 0 Å². The lowest BCUT2D eigenvalue weighted by Gasteiger charge is -2.41. The molecule has 2 rings (SSSR count). The standard InChI is InChI=1S/C15H21F2NO/c1-3-18-14(15(2)6-4-5-7-19-15)11-8-12(16)10-13(17)9-11/h8-10,14,18H,3-7H2,1-2H3. The molecule has 1 N–H and O–H groups in total. The number of hydrogen-bond donors (Lipinski definition) is 1. The molecule has 0 saturated carbocycles. The normalized spacial score (nSPS) is 25.3. The van der Waals surface area contributed by atoms with E-state index in [4.69, 9.17) is 4.74 Å². The molecular formula is C15H21F2NO. The Kier molecular flexibility index (Phi) is 4.53. The Labute approximate surface area is 113 Å². The number of benzene rings is 1. The maximum atomic E-state index is 13.4. The van der Waals surface area contributed by atoms with E-state index in [0.29, 0.717) is 12.2 Å². The highest BCUT2D eigenvalue weighted by atomic mass is 19.1. The van der Waals surface area contributed by atoms with Crippen molar-refractivity contribution in [3.8, 4) is 0 Å². The Hall–Kier alpha value is -1.00. The van der Waals surface area contributed by atoms with Crippen LogP contribution in [0.3, 0.4) is 0 Å². The van der Waals surface area contributed by atoms with Crippen molar-refractivity contribution >= 4 is 0 Å². The molecule has 1 fully saturated rings. The average Bonchev–Trinajstić information content (AvgIpc) is 2.35. The molecule has 19 heavy (non-hydrogen) atoms. The largest absolute Gasteiger partial charge is 0.373 e. The number of rotatable bonds is 4. The number of hydrogen-bond acceptors (Lipinski definition) is 2. The fraction of sp³-hybridized carbons (Fsp3) is 0.600. The Morgan fingerprint density at radius 2 is 1.95 bits per heavy atom. The van der Waals surface area contributed by atoms with Crippen LogP contribution < -0.4 is 5.32 Å². The molecule has 0 aliphatic carbocycles. The lowest BCUT2D eigenvalue weighted by atomic mass is 9.84. The minimum atomic E-state index is -0.544. The molecule has 0 bridgehead atoms. The second kappa shape index (κ2) is 5.97. The second-order valence-corrected chi connectivity index (χ2v) is 5.31. The highest BCUT2D eigenvalue weighted by Gasteiger charge is 2.37. The lowest BCUT2D eigenvalue weighted by molar-refractivity contribution is -0.0896. The maximum Gasteiger partial charge on any atom is 0.126 e. The first kappa shape index (κ1) is 14.4. The predicted octanol–water partition coefficient (Wildman–Crippen LogP) is 3.57. The topological polar surface area (TPSA) is 21.3 Å². The molecule has 2 nitrogen and oxygen atoms in total. The smallest absolute Gasteiger partial charge is 0.126 e. The minimum absolute atomic E-state index is 0.192. The highest BCUT2D eigenvalue weighted by Crippen LogP contribution is 2.36. The van der Waals surface area contributed by atoms with Gasteiger partial charge in [0.2, 0.25) is 0 Å². The zero-order valence-corrected chi connectivity index (χ0v) is 11.5. The molecule has 2 atom stereocenters. The van der Waals surface area contributed by atoms with Gasteiger partial charge >= 0.3 is 0 Å². The predicted molar refractivity (Wildman–Crippen MR) is 71.0 cm³/mol. The van der Waals surface area contributed by atoms with E-state index in [-0.39, 0.29) is 6.04 Å². The molecule has 4 heteroatoms. The van der Waals surface area contributed by atoms with E-state index in [0.717, 1.165) is 31.9 Å². The summed E-state index contributed by atoms with van der Waals surface area (Å²) in [6.07, 6.45) is 3.02. The number of ether oxygens (including phenoxy) is 1. The molecule has 0 amide bonds. The summed E-state index contributed by atoms with van der Waals surface area (Å²) in [5.74, 6) is -1.09. The molecule has 2 unspecified atom stereocenters. The zero-order chi connectivity index (χ0) is 13.9. The Balaban J connectivity index is 2.32. The minimum Gasteiger partial charge on any atom is -0.373 e. The monoisotopic (exact) mass is 269 g/mol. The molecular weight excluding hydrogens is 248 g/mol. The molecule has 0 radical (unpaired) electrons. The summed E-state index contributed by atoms with van der Waals surface area (Å²) in [7, 11) is 0. The van der Waals surface area contributed by atoms with Crippen molar-refractivity contribution in [2.45, 2.75) is 44.8 Å². The molecule has 1 saturated heterocycles. The summed E-state index contributed by atoms with van der Waals surface area (Å²) in [6.45, 7) is 5.43. The first-order valence-corrected chi connectivity index (χ1v) is 6.88. The summed E-state index contributed by atoms with van der Waals surface area (Å²) in [5, 5.41) is 3.31. The fourth-order valence-electron chi connectivity index (χ4n) is 2.82. The van der Waals surface area contributed by atoms with Crippen LogP contribution in [0.1, 0.15) is 44.7 Å². The van der Waals surface area contributed by atoms with Crippen molar-refractivity contribution in [2.75, 3.05) is 13.2 Å². The molecule has 1 aliphatic rings. The van der Waals surface area contributed by atoms with Gasteiger partial charge in [-0.1, -0.05) is 6.92 Å². The van der Waals surface area contributed by atoms with E-state index in [1.807, 2.05) is 13.8 Å².